The average molecular weight is 370 g/mol. The molecular formula is C25H27N3. The van der Waals surface area contributed by atoms with Crippen molar-refractivity contribution in [2.45, 2.75) is 6.42 Å². The molecule has 1 aliphatic heterocycles. The molecule has 0 spiro atoms. The number of nitrogens with one attached hydrogen (secondary N) is 1. The van der Waals surface area contributed by atoms with Crippen molar-refractivity contribution < 1.29 is 0 Å². The molecule has 28 heavy (non-hydrogen) atoms. The molecule has 0 radical (unpaired) electrons. The van der Waals surface area contributed by atoms with E-state index in [1.54, 1.807) is 0 Å². The maximum atomic E-state index is 3.28. The zero-order chi connectivity index (χ0) is 19.2. The van der Waals surface area contributed by atoms with Gasteiger partial charge in [0.25, 0.3) is 0 Å². The van der Waals surface area contributed by atoms with Gasteiger partial charge in [-0.25, -0.2) is 0 Å². The number of benzene rings is 3. The molecule has 0 unspecified atom stereocenters. The lowest BCUT2D eigenvalue weighted by Gasteiger charge is -2.24. The van der Waals surface area contributed by atoms with E-state index in [2.05, 4.69) is 106 Å². The summed E-state index contributed by atoms with van der Waals surface area (Å²) >= 11 is 0. The predicted octanol–water partition coefficient (Wildman–Crippen LogP) is 4.90. The maximum absolute atomic E-state index is 3.28. The Morgan fingerprint density at radius 3 is 1.82 bits per heavy atom. The fourth-order valence-electron chi connectivity index (χ4n) is 3.84. The summed E-state index contributed by atoms with van der Waals surface area (Å²) in [4.78, 5) is 4.96. The van der Waals surface area contributed by atoms with E-state index < -0.39 is 0 Å². The van der Waals surface area contributed by atoms with E-state index in [4.69, 9.17) is 0 Å². The van der Waals surface area contributed by atoms with E-state index in [0.29, 0.717) is 0 Å². The molecule has 0 bridgehead atoms. The molecule has 0 amide bonds. The Balaban J connectivity index is 1.85. The first kappa shape index (κ1) is 18.3. The normalized spacial score (nSPS) is 14.0. The minimum Gasteiger partial charge on any atom is -0.351 e. The number of anilines is 1. The highest BCUT2D eigenvalue weighted by atomic mass is 15.4. The fraction of sp³-hybridized carbons (Fsp3) is 0.200. The van der Waals surface area contributed by atoms with Gasteiger partial charge in [-0.1, -0.05) is 78.9 Å². The van der Waals surface area contributed by atoms with Crippen LogP contribution in [0.5, 0.6) is 0 Å². The van der Waals surface area contributed by atoms with Gasteiger partial charge in [0.2, 0.25) is 0 Å². The standard InChI is InChI=1S/C25H27N3/c1-26-18-11-19-27-20-28(23-16-9-4-10-17-23)25(22-14-7-3-8-15-22)24(27)21-12-5-2-6-13-21/h2-10,12-17,26H,11,18-20H2,1H3. The van der Waals surface area contributed by atoms with Gasteiger partial charge in [-0.05, 0) is 32.1 Å². The third-order valence-corrected chi connectivity index (χ3v) is 5.14. The number of para-hydroxylation sites is 1. The monoisotopic (exact) mass is 369 g/mol. The first-order valence-corrected chi connectivity index (χ1v) is 9.96. The summed E-state index contributed by atoms with van der Waals surface area (Å²) in [5, 5.41) is 3.28. The molecule has 142 valence electrons. The first-order chi connectivity index (χ1) is 13.9. The SMILES string of the molecule is CNCCCN1CN(c2ccccc2)C(c2ccccc2)=C1c1ccccc1. The minimum atomic E-state index is 0.863. The lowest BCUT2D eigenvalue weighted by Crippen LogP contribution is -2.29. The third-order valence-electron chi connectivity index (χ3n) is 5.14. The van der Waals surface area contributed by atoms with Crippen LogP contribution >= 0.6 is 0 Å². The van der Waals surface area contributed by atoms with Crippen LogP contribution in [0, 0.1) is 0 Å². The summed E-state index contributed by atoms with van der Waals surface area (Å²) < 4.78 is 0. The van der Waals surface area contributed by atoms with E-state index in [9.17, 15) is 0 Å². The van der Waals surface area contributed by atoms with Crippen LogP contribution in [0.15, 0.2) is 91.0 Å². The average Bonchev–Trinajstić information content (AvgIpc) is 3.15. The Hall–Kier alpha value is -3.04. The Morgan fingerprint density at radius 1 is 0.714 bits per heavy atom. The van der Waals surface area contributed by atoms with Crippen molar-refractivity contribution in [1.29, 1.82) is 0 Å². The summed E-state index contributed by atoms with van der Waals surface area (Å²) in [6.45, 7) is 2.90. The van der Waals surface area contributed by atoms with Crippen LogP contribution in [0.2, 0.25) is 0 Å². The molecule has 4 rings (SSSR count). The Morgan fingerprint density at radius 2 is 1.25 bits per heavy atom. The van der Waals surface area contributed by atoms with E-state index in [1.807, 2.05) is 7.05 Å². The van der Waals surface area contributed by atoms with Gasteiger partial charge in [0.1, 0.15) is 0 Å². The molecule has 1 heterocycles. The number of nitrogens with zero attached hydrogens (tertiary/aromatic N) is 2. The summed E-state index contributed by atoms with van der Waals surface area (Å²) in [7, 11) is 2.02. The topological polar surface area (TPSA) is 18.5 Å². The summed E-state index contributed by atoms with van der Waals surface area (Å²) in [6.07, 6.45) is 1.11. The zero-order valence-electron chi connectivity index (χ0n) is 16.4. The van der Waals surface area contributed by atoms with Crippen LogP contribution in [0.4, 0.5) is 5.69 Å². The number of hydrogen-bond acceptors (Lipinski definition) is 3. The van der Waals surface area contributed by atoms with Crippen molar-refractivity contribution in [3.05, 3.63) is 102 Å². The molecule has 3 aromatic rings. The van der Waals surface area contributed by atoms with Crippen molar-refractivity contribution in [2.75, 3.05) is 31.7 Å². The van der Waals surface area contributed by atoms with Crippen LogP contribution in [0.3, 0.4) is 0 Å². The van der Waals surface area contributed by atoms with Crippen molar-refractivity contribution in [3.8, 4) is 0 Å². The van der Waals surface area contributed by atoms with Crippen molar-refractivity contribution in [1.82, 2.24) is 10.2 Å². The summed E-state index contributed by atoms with van der Waals surface area (Å²) in [6, 6.07) is 32.2. The van der Waals surface area contributed by atoms with Crippen molar-refractivity contribution in [2.24, 2.45) is 0 Å². The molecule has 0 atom stereocenters. The molecule has 1 aliphatic rings. The maximum Gasteiger partial charge on any atom is 0.0953 e. The summed E-state index contributed by atoms with van der Waals surface area (Å²) in [5.74, 6) is 0. The smallest absolute Gasteiger partial charge is 0.0953 e. The molecule has 3 heteroatoms. The lowest BCUT2D eigenvalue weighted by atomic mass is 10.0. The summed E-state index contributed by atoms with van der Waals surface area (Å²) in [5.41, 5.74) is 6.34. The van der Waals surface area contributed by atoms with E-state index in [1.165, 1.54) is 28.2 Å². The van der Waals surface area contributed by atoms with Crippen LogP contribution in [-0.4, -0.2) is 31.7 Å². The lowest BCUT2D eigenvalue weighted by molar-refractivity contribution is 0.413. The molecule has 3 nitrogen and oxygen atoms in total. The molecule has 0 aliphatic carbocycles. The van der Waals surface area contributed by atoms with E-state index in [-0.39, 0.29) is 0 Å². The highest BCUT2D eigenvalue weighted by Crippen LogP contribution is 2.40. The van der Waals surface area contributed by atoms with Gasteiger partial charge >= 0.3 is 0 Å². The number of hydrogen-bond donors (Lipinski definition) is 1. The van der Waals surface area contributed by atoms with E-state index >= 15 is 0 Å². The van der Waals surface area contributed by atoms with E-state index in [0.717, 1.165) is 26.2 Å². The van der Waals surface area contributed by atoms with Gasteiger partial charge in [-0.15, -0.1) is 0 Å². The Labute approximate surface area is 167 Å². The van der Waals surface area contributed by atoms with Gasteiger partial charge in [-0.3, -0.25) is 0 Å². The molecule has 1 N–H and O–H groups in total. The van der Waals surface area contributed by atoms with Crippen molar-refractivity contribution >= 4 is 17.1 Å². The van der Waals surface area contributed by atoms with Crippen LogP contribution < -0.4 is 10.2 Å². The second-order valence-corrected chi connectivity index (χ2v) is 7.05. The van der Waals surface area contributed by atoms with Crippen LogP contribution in [0.1, 0.15) is 17.5 Å². The second kappa shape index (κ2) is 8.77. The van der Waals surface area contributed by atoms with Crippen molar-refractivity contribution in [3.63, 3.8) is 0 Å². The highest BCUT2D eigenvalue weighted by molar-refractivity contribution is 5.99. The van der Waals surface area contributed by atoms with Gasteiger partial charge < -0.3 is 15.1 Å². The largest absolute Gasteiger partial charge is 0.351 e. The third kappa shape index (κ3) is 3.80. The molecule has 0 aromatic heterocycles. The Bertz CT molecular complexity index is 904. The second-order valence-electron chi connectivity index (χ2n) is 7.05. The van der Waals surface area contributed by atoms with Gasteiger partial charge in [0.15, 0.2) is 0 Å². The van der Waals surface area contributed by atoms with Crippen LogP contribution in [-0.2, 0) is 0 Å². The molecule has 0 saturated heterocycles. The van der Waals surface area contributed by atoms with Gasteiger partial charge in [0.05, 0.1) is 18.1 Å². The zero-order valence-corrected chi connectivity index (χ0v) is 16.4. The fourth-order valence-corrected chi connectivity index (χ4v) is 3.84. The minimum absolute atomic E-state index is 0.863. The Kier molecular flexibility index (Phi) is 5.74. The quantitative estimate of drug-likeness (QED) is 0.598. The molecular weight excluding hydrogens is 342 g/mol. The molecule has 3 aromatic carbocycles. The predicted molar refractivity (Wildman–Crippen MR) is 119 cm³/mol. The highest BCUT2D eigenvalue weighted by Gasteiger charge is 2.31. The van der Waals surface area contributed by atoms with Gasteiger partial charge in [-0.2, -0.15) is 0 Å². The number of rotatable bonds is 7. The molecule has 0 fully saturated rings. The van der Waals surface area contributed by atoms with Gasteiger partial charge in [0, 0.05) is 23.4 Å². The van der Waals surface area contributed by atoms with Crippen LogP contribution in [0.25, 0.3) is 11.4 Å². The first-order valence-electron chi connectivity index (χ1n) is 9.96. The molecule has 0 saturated carbocycles.